The van der Waals surface area contributed by atoms with Gasteiger partial charge in [-0.2, -0.15) is 0 Å². The number of carbonyl (C=O) groups excluding carboxylic acids is 2. The topological polar surface area (TPSA) is 86.7 Å². The lowest BCUT2D eigenvalue weighted by Crippen LogP contribution is -2.44. The van der Waals surface area contributed by atoms with Crippen molar-refractivity contribution < 1.29 is 19.5 Å². The SMILES string of the molecule is CCC(CC)(CNC(=O)[C@@H]1CC(=O)N(C)[C@@H]1c1cccc(Cl)c1)C(=O)O. The fourth-order valence-corrected chi connectivity index (χ4v) is 3.72. The molecule has 1 aromatic rings. The average molecular weight is 381 g/mol. The number of likely N-dealkylation sites (tertiary alicyclic amines) is 1. The van der Waals surface area contributed by atoms with Crippen LogP contribution >= 0.6 is 11.6 Å². The zero-order chi connectivity index (χ0) is 19.5. The normalized spacial score (nSPS) is 20.3. The molecule has 1 saturated heterocycles. The number of nitrogens with zero attached hydrogens (tertiary/aromatic N) is 1. The van der Waals surface area contributed by atoms with Crippen LogP contribution in [0.2, 0.25) is 5.02 Å². The van der Waals surface area contributed by atoms with Crippen LogP contribution in [0.15, 0.2) is 24.3 Å². The maximum absolute atomic E-state index is 12.8. The van der Waals surface area contributed by atoms with Gasteiger partial charge in [0.2, 0.25) is 11.8 Å². The van der Waals surface area contributed by atoms with Crippen LogP contribution in [0.3, 0.4) is 0 Å². The van der Waals surface area contributed by atoms with Crippen LogP contribution in [0.4, 0.5) is 0 Å². The van der Waals surface area contributed by atoms with Crippen LogP contribution in [0.5, 0.6) is 0 Å². The first-order chi connectivity index (χ1) is 12.3. The van der Waals surface area contributed by atoms with Gasteiger partial charge in [-0.25, -0.2) is 0 Å². The summed E-state index contributed by atoms with van der Waals surface area (Å²) >= 11 is 6.06. The van der Waals surface area contributed by atoms with Crippen molar-refractivity contribution in [3.8, 4) is 0 Å². The van der Waals surface area contributed by atoms with Gasteiger partial charge in [0.1, 0.15) is 0 Å². The van der Waals surface area contributed by atoms with Gasteiger partial charge in [0.05, 0.1) is 17.4 Å². The molecular formula is C19H25ClN2O4. The molecule has 2 amide bonds. The lowest BCUT2D eigenvalue weighted by atomic mass is 9.82. The van der Waals surface area contributed by atoms with E-state index < -0.39 is 23.3 Å². The number of aliphatic carboxylic acids is 1. The summed E-state index contributed by atoms with van der Waals surface area (Å²) in [5.41, 5.74) is -0.197. The van der Waals surface area contributed by atoms with E-state index in [0.29, 0.717) is 17.9 Å². The molecule has 0 spiro atoms. The van der Waals surface area contributed by atoms with E-state index in [2.05, 4.69) is 5.32 Å². The number of nitrogens with one attached hydrogen (secondary N) is 1. The lowest BCUT2D eigenvalue weighted by Gasteiger charge is -2.29. The van der Waals surface area contributed by atoms with Gasteiger partial charge in [0, 0.05) is 25.0 Å². The van der Waals surface area contributed by atoms with Crippen LogP contribution < -0.4 is 5.32 Å². The van der Waals surface area contributed by atoms with Gasteiger partial charge in [-0.1, -0.05) is 37.6 Å². The second-order valence-corrected chi connectivity index (χ2v) is 7.26. The number of hydrogen-bond donors (Lipinski definition) is 2. The summed E-state index contributed by atoms with van der Waals surface area (Å²) in [5, 5.41) is 12.8. The molecule has 1 aromatic carbocycles. The van der Waals surface area contributed by atoms with Crippen molar-refractivity contribution in [1.29, 1.82) is 0 Å². The summed E-state index contributed by atoms with van der Waals surface area (Å²) in [6.07, 6.45) is 0.929. The fraction of sp³-hybridized carbons (Fsp3) is 0.526. The maximum atomic E-state index is 12.8. The Labute approximate surface area is 158 Å². The molecular weight excluding hydrogens is 356 g/mol. The summed E-state index contributed by atoms with van der Waals surface area (Å²) in [4.78, 5) is 38.2. The molecule has 6 nitrogen and oxygen atoms in total. The van der Waals surface area contributed by atoms with Crippen LogP contribution in [-0.4, -0.2) is 41.4 Å². The van der Waals surface area contributed by atoms with Crippen molar-refractivity contribution in [2.45, 2.75) is 39.2 Å². The predicted octanol–water partition coefficient (Wildman–Crippen LogP) is 2.87. The minimum atomic E-state index is -0.990. The summed E-state index contributed by atoms with van der Waals surface area (Å²) in [6.45, 7) is 3.64. The van der Waals surface area contributed by atoms with E-state index in [-0.39, 0.29) is 24.8 Å². The minimum Gasteiger partial charge on any atom is -0.481 e. The van der Waals surface area contributed by atoms with E-state index in [4.69, 9.17) is 11.6 Å². The molecule has 0 saturated carbocycles. The van der Waals surface area contributed by atoms with Crippen molar-refractivity contribution in [3.63, 3.8) is 0 Å². The lowest BCUT2D eigenvalue weighted by molar-refractivity contribution is -0.149. The molecule has 0 aromatic heterocycles. The molecule has 26 heavy (non-hydrogen) atoms. The Morgan fingerprint density at radius 1 is 1.35 bits per heavy atom. The largest absolute Gasteiger partial charge is 0.481 e. The monoisotopic (exact) mass is 380 g/mol. The Morgan fingerprint density at radius 3 is 2.54 bits per heavy atom. The molecule has 0 aliphatic carbocycles. The Bertz CT molecular complexity index is 703. The zero-order valence-electron chi connectivity index (χ0n) is 15.3. The summed E-state index contributed by atoms with van der Waals surface area (Å²) in [5.74, 6) is -1.93. The second kappa shape index (κ2) is 8.08. The smallest absolute Gasteiger partial charge is 0.311 e. The minimum absolute atomic E-state index is 0.0465. The van der Waals surface area contributed by atoms with E-state index >= 15 is 0 Å². The number of halogens is 1. The van der Waals surface area contributed by atoms with Gasteiger partial charge in [-0.3, -0.25) is 14.4 Å². The third kappa shape index (κ3) is 3.85. The van der Waals surface area contributed by atoms with Crippen LogP contribution in [0.1, 0.15) is 44.7 Å². The van der Waals surface area contributed by atoms with Gasteiger partial charge in [0.25, 0.3) is 0 Å². The number of benzene rings is 1. The van der Waals surface area contributed by atoms with Gasteiger partial charge in [-0.05, 0) is 30.5 Å². The first-order valence-electron chi connectivity index (χ1n) is 8.78. The molecule has 1 fully saturated rings. The second-order valence-electron chi connectivity index (χ2n) is 6.83. The number of amides is 2. The maximum Gasteiger partial charge on any atom is 0.311 e. The Kier molecular flexibility index (Phi) is 6.29. The highest BCUT2D eigenvalue weighted by Crippen LogP contribution is 2.38. The highest BCUT2D eigenvalue weighted by atomic mass is 35.5. The van der Waals surface area contributed by atoms with Gasteiger partial charge in [-0.15, -0.1) is 0 Å². The van der Waals surface area contributed by atoms with Crippen molar-refractivity contribution >= 4 is 29.4 Å². The standard InChI is InChI=1S/C19H25ClN2O4/c1-4-19(5-2,18(25)26)11-21-17(24)14-10-15(23)22(3)16(14)12-7-6-8-13(20)9-12/h6-9,14,16H,4-5,10-11H2,1-3H3,(H,21,24)(H,25,26)/t14-,16-/m1/s1. The molecule has 0 bridgehead atoms. The summed E-state index contributed by atoms with van der Waals surface area (Å²) in [6, 6.07) is 6.70. The highest BCUT2D eigenvalue weighted by molar-refractivity contribution is 6.30. The Morgan fingerprint density at radius 2 is 2.00 bits per heavy atom. The number of carbonyl (C=O) groups is 3. The Hall–Kier alpha value is -2.08. The van der Waals surface area contributed by atoms with E-state index in [0.717, 1.165) is 5.56 Å². The first-order valence-corrected chi connectivity index (χ1v) is 9.15. The number of carboxylic acid groups (broad SMARTS) is 1. The Balaban J connectivity index is 2.21. The molecule has 0 unspecified atom stereocenters. The van der Waals surface area contributed by atoms with Crippen molar-refractivity contribution in [3.05, 3.63) is 34.9 Å². The molecule has 1 heterocycles. The van der Waals surface area contributed by atoms with E-state index in [1.807, 2.05) is 6.07 Å². The van der Waals surface area contributed by atoms with Crippen LogP contribution in [0.25, 0.3) is 0 Å². The van der Waals surface area contributed by atoms with Crippen LogP contribution in [-0.2, 0) is 14.4 Å². The molecule has 142 valence electrons. The van der Waals surface area contributed by atoms with E-state index in [9.17, 15) is 19.5 Å². The van der Waals surface area contributed by atoms with Crippen LogP contribution in [0, 0.1) is 11.3 Å². The molecule has 1 aliphatic rings. The zero-order valence-corrected chi connectivity index (χ0v) is 16.0. The van der Waals surface area contributed by atoms with Gasteiger partial charge < -0.3 is 15.3 Å². The van der Waals surface area contributed by atoms with Gasteiger partial charge >= 0.3 is 5.97 Å². The fourth-order valence-electron chi connectivity index (χ4n) is 3.52. The predicted molar refractivity (Wildman–Crippen MR) is 98.7 cm³/mol. The van der Waals surface area contributed by atoms with Gasteiger partial charge in [0.15, 0.2) is 0 Å². The molecule has 2 N–H and O–H groups in total. The number of hydrogen-bond acceptors (Lipinski definition) is 3. The highest BCUT2D eigenvalue weighted by Gasteiger charge is 2.44. The van der Waals surface area contributed by atoms with Crippen molar-refractivity contribution in [2.75, 3.05) is 13.6 Å². The summed E-state index contributed by atoms with van der Waals surface area (Å²) < 4.78 is 0. The van der Waals surface area contributed by atoms with E-state index in [1.165, 1.54) is 0 Å². The average Bonchev–Trinajstić information content (AvgIpc) is 2.91. The van der Waals surface area contributed by atoms with Crippen molar-refractivity contribution in [2.24, 2.45) is 11.3 Å². The molecule has 2 rings (SSSR count). The molecule has 0 radical (unpaired) electrons. The number of carboxylic acids is 1. The van der Waals surface area contributed by atoms with E-state index in [1.54, 1.807) is 44.0 Å². The third-order valence-corrected chi connectivity index (χ3v) is 5.76. The third-order valence-electron chi connectivity index (χ3n) is 5.52. The summed E-state index contributed by atoms with van der Waals surface area (Å²) in [7, 11) is 1.67. The van der Waals surface area contributed by atoms with Crippen molar-refractivity contribution in [1.82, 2.24) is 10.2 Å². The molecule has 7 heteroatoms. The molecule has 2 atom stereocenters. The molecule has 1 aliphatic heterocycles. The number of rotatable bonds is 7. The first kappa shape index (κ1) is 20.2. The quantitative estimate of drug-likeness (QED) is 0.761.